The molecule has 0 saturated heterocycles. The van der Waals surface area contributed by atoms with Crippen LogP contribution in [-0.4, -0.2) is 22.7 Å². The molecule has 102 valence electrons. The van der Waals surface area contributed by atoms with E-state index in [1.54, 1.807) is 0 Å². The van der Waals surface area contributed by atoms with Crippen LogP contribution in [-0.2, 0) is 6.54 Å². The minimum absolute atomic E-state index is 0.227. The van der Waals surface area contributed by atoms with Gasteiger partial charge < -0.3 is 10.4 Å². The van der Waals surface area contributed by atoms with Crippen molar-refractivity contribution in [3.63, 3.8) is 0 Å². The Morgan fingerprint density at radius 3 is 2.95 bits per heavy atom. The van der Waals surface area contributed by atoms with Gasteiger partial charge in [0.1, 0.15) is 0 Å². The van der Waals surface area contributed by atoms with Crippen LogP contribution in [0.5, 0.6) is 0 Å². The van der Waals surface area contributed by atoms with Crippen molar-refractivity contribution in [3.05, 3.63) is 40.5 Å². The van der Waals surface area contributed by atoms with Crippen LogP contribution in [0.4, 0.5) is 0 Å². The largest absolute Gasteiger partial charge is 0.396 e. The quantitative estimate of drug-likeness (QED) is 0.858. The average Bonchev–Trinajstić information content (AvgIpc) is 2.45. The first-order valence-corrected chi connectivity index (χ1v) is 7.42. The molecule has 0 saturated carbocycles. The van der Waals surface area contributed by atoms with Crippen molar-refractivity contribution in [1.29, 1.82) is 0 Å². The molecule has 0 aliphatic carbocycles. The molecule has 1 atom stereocenters. The van der Waals surface area contributed by atoms with Gasteiger partial charge >= 0.3 is 0 Å². The first-order valence-electron chi connectivity index (χ1n) is 6.62. The van der Waals surface area contributed by atoms with Gasteiger partial charge in [-0.25, -0.2) is 0 Å². The second-order valence-corrected chi connectivity index (χ2v) is 5.46. The zero-order valence-corrected chi connectivity index (χ0v) is 12.7. The standard InChI is InChI=1S/C15H19BrN2O/c1-2-12(7-9-19)18-10-11-5-6-14(16)13-4-3-8-17-15(11)13/h3-6,8,12,18-19H,2,7,9-10H2,1H3/t12-/m0/s1. The van der Waals surface area contributed by atoms with Crippen LogP contribution < -0.4 is 5.32 Å². The molecule has 0 radical (unpaired) electrons. The molecule has 4 heteroatoms. The van der Waals surface area contributed by atoms with Crippen molar-refractivity contribution in [2.75, 3.05) is 6.61 Å². The second-order valence-electron chi connectivity index (χ2n) is 4.60. The summed E-state index contributed by atoms with van der Waals surface area (Å²) in [6.07, 6.45) is 3.63. The van der Waals surface area contributed by atoms with Gasteiger partial charge in [-0.15, -0.1) is 0 Å². The van der Waals surface area contributed by atoms with Crippen LogP contribution in [0.1, 0.15) is 25.3 Å². The van der Waals surface area contributed by atoms with Crippen molar-refractivity contribution in [2.45, 2.75) is 32.4 Å². The maximum absolute atomic E-state index is 9.01. The lowest BCUT2D eigenvalue weighted by molar-refractivity contribution is 0.262. The molecule has 0 aliphatic rings. The van der Waals surface area contributed by atoms with E-state index in [-0.39, 0.29) is 6.61 Å². The van der Waals surface area contributed by atoms with Crippen LogP contribution in [0.2, 0.25) is 0 Å². The Morgan fingerprint density at radius 2 is 2.21 bits per heavy atom. The summed E-state index contributed by atoms with van der Waals surface area (Å²) in [7, 11) is 0. The van der Waals surface area contributed by atoms with E-state index in [4.69, 9.17) is 5.11 Å². The molecule has 0 amide bonds. The number of halogens is 1. The highest BCUT2D eigenvalue weighted by atomic mass is 79.9. The molecule has 0 bridgehead atoms. The van der Waals surface area contributed by atoms with Gasteiger partial charge in [-0.3, -0.25) is 4.98 Å². The average molecular weight is 323 g/mol. The zero-order chi connectivity index (χ0) is 13.7. The summed E-state index contributed by atoms with van der Waals surface area (Å²) in [5.74, 6) is 0. The zero-order valence-electron chi connectivity index (χ0n) is 11.1. The van der Waals surface area contributed by atoms with Crippen LogP contribution in [0.3, 0.4) is 0 Å². The highest BCUT2D eigenvalue weighted by Gasteiger charge is 2.08. The van der Waals surface area contributed by atoms with Crippen molar-refractivity contribution in [3.8, 4) is 0 Å². The summed E-state index contributed by atoms with van der Waals surface area (Å²) in [5.41, 5.74) is 2.22. The number of aromatic nitrogens is 1. The second kappa shape index (κ2) is 6.98. The van der Waals surface area contributed by atoms with Gasteiger partial charge in [0, 0.05) is 35.2 Å². The Morgan fingerprint density at radius 1 is 1.37 bits per heavy atom. The van der Waals surface area contributed by atoms with E-state index in [2.05, 4.69) is 51.4 Å². The predicted molar refractivity (Wildman–Crippen MR) is 82.1 cm³/mol. The number of aliphatic hydroxyl groups is 1. The summed E-state index contributed by atoms with van der Waals surface area (Å²) in [5, 5.41) is 13.6. The third-order valence-corrected chi connectivity index (χ3v) is 4.04. The molecule has 1 heterocycles. The molecule has 2 rings (SSSR count). The number of pyridine rings is 1. The molecule has 1 aromatic carbocycles. The monoisotopic (exact) mass is 322 g/mol. The van der Waals surface area contributed by atoms with Crippen molar-refractivity contribution < 1.29 is 5.11 Å². The first kappa shape index (κ1) is 14.4. The summed E-state index contributed by atoms with van der Waals surface area (Å²) in [4.78, 5) is 4.47. The molecule has 1 aromatic heterocycles. The number of aliphatic hydroxyl groups excluding tert-OH is 1. The number of nitrogens with zero attached hydrogens (tertiary/aromatic N) is 1. The lowest BCUT2D eigenvalue weighted by Gasteiger charge is -2.16. The SMILES string of the molecule is CC[C@@H](CCO)NCc1ccc(Br)c2cccnc12. The predicted octanol–water partition coefficient (Wildman–Crippen LogP) is 3.25. The van der Waals surface area contributed by atoms with Gasteiger partial charge in [-0.2, -0.15) is 0 Å². The Bertz CT molecular complexity index is 545. The van der Waals surface area contributed by atoms with E-state index in [0.29, 0.717) is 6.04 Å². The first-order chi connectivity index (χ1) is 9.26. The number of rotatable bonds is 6. The van der Waals surface area contributed by atoms with Gasteiger partial charge in [-0.05, 0) is 30.5 Å². The fraction of sp³-hybridized carbons (Fsp3) is 0.400. The lowest BCUT2D eigenvalue weighted by Crippen LogP contribution is -2.28. The molecular formula is C15H19BrN2O. The Hall–Kier alpha value is -0.970. The van der Waals surface area contributed by atoms with Gasteiger partial charge in [0.05, 0.1) is 5.52 Å². The topological polar surface area (TPSA) is 45.1 Å². The summed E-state index contributed by atoms with van der Waals surface area (Å²) < 4.78 is 1.07. The maximum atomic E-state index is 9.01. The normalized spacial score (nSPS) is 12.8. The molecular weight excluding hydrogens is 304 g/mol. The van der Waals surface area contributed by atoms with E-state index in [0.717, 1.165) is 34.8 Å². The van der Waals surface area contributed by atoms with E-state index >= 15 is 0 Å². The fourth-order valence-corrected chi connectivity index (χ4v) is 2.65. The highest BCUT2D eigenvalue weighted by molar-refractivity contribution is 9.10. The van der Waals surface area contributed by atoms with Crippen LogP contribution in [0.25, 0.3) is 10.9 Å². The molecule has 0 fully saturated rings. The van der Waals surface area contributed by atoms with E-state index < -0.39 is 0 Å². The van der Waals surface area contributed by atoms with Crippen molar-refractivity contribution in [1.82, 2.24) is 10.3 Å². The van der Waals surface area contributed by atoms with Gasteiger partial charge in [-0.1, -0.05) is 35.0 Å². The molecule has 19 heavy (non-hydrogen) atoms. The molecule has 0 spiro atoms. The fourth-order valence-electron chi connectivity index (χ4n) is 2.20. The number of hydrogen-bond donors (Lipinski definition) is 2. The summed E-state index contributed by atoms with van der Waals surface area (Å²) >= 11 is 3.56. The minimum atomic E-state index is 0.227. The smallest absolute Gasteiger partial charge is 0.0758 e. The summed E-state index contributed by atoms with van der Waals surface area (Å²) in [6.45, 7) is 3.13. The summed E-state index contributed by atoms with van der Waals surface area (Å²) in [6, 6.07) is 8.53. The molecule has 0 aliphatic heterocycles. The minimum Gasteiger partial charge on any atom is -0.396 e. The van der Waals surface area contributed by atoms with E-state index in [9.17, 15) is 0 Å². The molecule has 2 aromatic rings. The van der Waals surface area contributed by atoms with Gasteiger partial charge in [0.15, 0.2) is 0 Å². The van der Waals surface area contributed by atoms with Gasteiger partial charge in [0.2, 0.25) is 0 Å². The Labute approximate surface area is 122 Å². The number of benzene rings is 1. The highest BCUT2D eigenvalue weighted by Crippen LogP contribution is 2.25. The van der Waals surface area contributed by atoms with E-state index in [1.807, 2.05) is 12.3 Å². The number of fused-ring (bicyclic) bond motifs is 1. The Balaban J connectivity index is 2.19. The van der Waals surface area contributed by atoms with Gasteiger partial charge in [0.25, 0.3) is 0 Å². The third-order valence-electron chi connectivity index (χ3n) is 3.35. The number of nitrogens with one attached hydrogen (secondary N) is 1. The van der Waals surface area contributed by atoms with Crippen molar-refractivity contribution in [2.24, 2.45) is 0 Å². The number of hydrogen-bond acceptors (Lipinski definition) is 3. The molecule has 3 nitrogen and oxygen atoms in total. The van der Waals surface area contributed by atoms with Crippen molar-refractivity contribution >= 4 is 26.8 Å². The maximum Gasteiger partial charge on any atom is 0.0758 e. The Kier molecular flexibility index (Phi) is 5.31. The van der Waals surface area contributed by atoms with Crippen LogP contribution in [0, 0.1) is 0 Å². The molecule has 2 N–H and O–H groups in total. The molecule has 0 unspecified atom stereocenters. The van der Waals surface area contributed by atoms with E-state index in [1.165, 1.54) is 5.56 Å². The lowest BCUT2D eigenvalue weighted by atomic mass is 10.1. The third kappa shape index (κ3) is 3.53. The van der Waals surface area contributed by atoms with Crippen LogP contribution in [0.15, 0.2) is 34.9 Å². The van der Waals surface area contributed by atoms with Crippen LogP contribution >= 0.6 is 15.9 Å².